The SMILES string of the molecule is CCOC(=O)c1cc(Cc2cccc(C(F)(F)F)c2)c(=O)n2c1CCCC2. The lowest BCUT2D eigenvalue weighted by Gasteiger charge is -2.22. The van der Waals surface area contributed by atoms with Crippen molar-refractivity contribution >= 4 is 5.97 Å². The quantitative estimate of drug-likeness (QED) is 0.756. The van der Waals surface area contributed by atoms with Crippen molar-refractivity contribution in [3.05, 3.63) is 68.6 Å². The lowest BCUT2D eigenvalue weighted by molar-refractivity contribution is -0.137. The third kappa shape index (κ3) is 4.07. The maximum Gasteiger partial charge on any atom is 0.416 e. The average molecular weight is 379 g/mol. The van der Waals surface area contributed by atoms with Crippen LogP contribution in [-0.4, -0.2) is 17.1 Å². The fraction of sp³-hybridized carbons (Fsp3) is 0.400. The molecule has 1 aromatic heterocycles. The van der Waals surface area contributed by atoms with Gasteiger partial charge in [0, 0.05) is 24.2 Å². The normalized spacial score (nSPS) is 13.9. The fourth-order valence-electron chi connectivity index (χ4n) is 3.42. The third-order valence-corrected chi connectivity index (χ3v) is 4.66. The van der Waals surface area contributed by atoms with E-state index in [0.717, 1.165) is 25.0 Å². The van der Waals surface area contributed by atoms with Crippen LogP contribution < -0.4 is 5.56 Å². The first-order valence-electron chi connectivity index (χ1n) is 8.90. The molecule has 1 aliphatic rings. The summed E-state index contributed by atoms with van der Waals surface area (Å²) in [6.07, 6.45) is -2.12. The molecule has 0 saturated heterocycles. The first-order valence-corrected chi connectivity index (χ1v) is 8.90. The number of benzene rings is 1. The standard InChI is InChI=1S/C20H20F3NO3/c1-2-27-19(26)16-12-14(18(25)24-9-4-3-8-17(16)24)10-13-6-5-7-15(11-13)20(21,22)23/h5-7,11-12H,2-4,8-10H2,1H3. The Bertz CT molecular complexity index is 916. The molecule has 4 nitrogen and oxygen atoms in total. The molecule has 0 bridgehead atoms. The van der Waals surface area contributed by atoms with E-state index in [0.29, 0.717) is 35.3 Å². The van der Waals surface area contributed by atoms with Gasteiger partial charge < -0.3 is 9.30 Å². The van der Waals surface area contributed by atoms with E-state index in [9.17, 15) is 22.8 Å². The number of halogens is 3. The molecule has 2 heterocycles. The van der Waals surface area contributed by atoms with Crippen LogP contribution in [0.15, 0.2) is 35.1 Å². The van der Waals surface area contributed by atoms with E-state index in [-0.39, 0.29) is 18.6 Å². The summed E-state index contributed by atoms with van der Waals surface area (Å²) < 4.78 is 45.5. The van der Waals surface area contributed by atoms with Gasteiger partial charge >= 0.3 is 12.1 Å². The molecule has 7 heteroatoms. The molecular formula is C20H20F3NO3. The molecule has 0 atom stereocenters. The molecule has 144 valence electrons. The highest BCUT2D eigenvalue weighted by Crippen LogP contribution is 2.30. The molecule has 0 radical (unpaired) electrons. The van der Waals surface area contributed by atoms with Crippen LogP contribution >= 0.6 is 0 Å². The highest BCUT2D eigenvalue weighted by Gasteiger charge is 2.30. The minimum absolute atomic E-state index is 0.0233. The number of esters is 1. The summed E-state index contributed by atoms with van der Waals surface area (Å²) in [7, 11) is 0. The van der Waals surface area contributed by atoms with Crippen LogP contribution in [0, 0.1) is 0 Å². The molecule has 0 N–H and O–H groups in total. The number of ether oxygens (including phenoxy) is 1. The Balaban J connectivity index is 2.04. The van der Waals surface area contributed by atoms with Crippen molar-refractivity contribution < 1.29 is 22.7 Å². The van der Waals surface area contributed by atoms with Gasteiger partial charge in [0.05, 0.1) is 17.7 Å². The van der Waals surface area contributed by atoms with Crippen molar-refractivity contribution in [1.82, 2.24) is 4.57 Å². The predicted octanol–water partition coefficient (Wildman–Crippen LogP) is 3.97. The zero-order chi connectivity index (χ0) is 19.6. The molecule has 0 amide bonds. The molecule has 0 fully saturated rings. The Morgan fingerprint density at radius 3 is 2.70 bits per heavy atom. The number of pyridine rings is 1. The van der Waals surface area contributed by atoms with E-state index >= 15 is 0 Å². The fourth-order valence-corrected chi connectivity index (χ4v) is 3.42. The van der Waals surface area contributed by atoms with Crippen LogP contribution in [0.25, 0.3) is 0 Å². The summed E-state index contributed by atoms with van der Waals surface area (Å²) in [4.78, 5) is 25.2. The Morgan fingerprint density at radius 1 is 1.22 bits per heavy atom. The second kappa shape index (κ2) is 7.58. The van der Waals surface area contributed by atoms with E-state index in [1.807, 2.05) is 0 Å². The largest absolute Gasteiger partial charge is 0.462 e. The molecule has 0 unspecified atom stereocenters. The summed E-state index contributed by atoms with van der Waals surface area (Å²) in [5, 5.41) is 0. The van der Waals surface area contributed by atoms with Crippen LogP contribution in [-0.2, 0) is 30.3 Å². The molecular weight excluding hydrogens is 359 g/mol. The molecule has 2 aromatic rings. The van der Waals surface area contributed by atoms with Gasteiger partial charge in [0.15, 0.2) is 0 Å². The van der Waals surface area contributed by atoms with E-state index in [1.165, 1.54) is 12.1 Å². The van der Waals surface area contributed by atoms with Crippen LogP contribution in [0.2, 0.25) is 0 Å². The van der Waals surface area contributed by atoms with Gasteiger partial charge in [-0.1, -0.05) is 18.2 Å². The smallest absolute Gasteiger partial charge is 0.416 e. The molecule has 27 heavy (non-hydrogen) atoms. The first kappa shape index (κ1) is 19.2. The summed E-state index contributed by atoms with van der Waals surface area (Å²) in [5.41, 5.74) is 0.630. The minimum atomic E-state index is -4.45. The van der Waals surface area contributed by atoms with Gasteiger partial charge in [0.1, 0.15) is 0 Å². The number of rotatable bonds is 4. The van der Waals surface area contributed by atoms with E-state index in [2.05, 4.69) is 0 Å². The van der Waals surface area contributed by atoms with Crippen molar-refractivity contribution in [1.29, 1.82) is 0 Å². The topological polar surface area (TPSA) is 48.3 Å². The molecule has 1 aliphatic heterocycles. The van der Waals surface area contributed by atoms with E-state index in [4.69, 9.17) is 4.74 Å². The van der Waals surface area contributed by atoms with Crippen LogP contribution in [0.5, 0.6) is 0 Å². The van der Waals surface area contributed by atoms with Gasteiger partial charge in [-0.3, -0.25) is 4.79 Å². The number of nitrogens with zero attached hydrogens (tertiary/aromatic N) is 1. The Morgan fingerprint density at radius 2 is 2.00 bits per heavy atom. The van der Waals surface area contributed by atoms with E-state index in [1.54, 1.807) is 17.6 Å². The Kier molecular flexibility index (Phi) is 5.39. The van der Waals surface area contributed by atoms with Crippen LogP contribution in [0.3, 0.4) is 0 Å². The number of aromatic nitrogens is 1. The summed E-state index contributed by atoms with van der Waals surface area (Å²) in [6, 6.07) is 6.38. The lowest BCUT2D eigenvalue weighted by atomic mass is 9.98. The lowest BCUT2D eigenvalue weighted by Crippen LogP contribution is -2.32. The van der Waals surface area contributed by atoms with Gasteiger partial charge in [-0.15, -0.1) is 0 Å². The van der Waals surface area contributed by atoms with Crippen molar-refractivity contribution in [3.8, 4) is 0 Å². The maximum absolute atomic E-state index is 12.9. The highest BCUT2D eigenvalue weighted by molar-refractivity contribution is 5.91. The zero-order valence-corrected chi connectivity index (χ0v) is 14.9. The average Bonchev–Trinajstić information content (AvgIpc) is 2.64. The Labute approximate surface area is 154 Å². The van der Waals surface area contributed by atoms with E-state index < -0.39 is 17.7 Å². The molecule has 1 aromatic carbocycles. The highest BCUT2D eigenvalue weighted by atomic mass is 19.4. The monoisotopic (exact) mass is 379 g/mol. The minimum Gasteiger partial charge on any atom is -0.462 e. The summed E-state index contributed by atoms with van der Waals surface area (Å²) >= 11 is 0. The number of hydrogen-bond donors (Lipinski definition) is 0. The van der Waals surface area contributed by atoms with Gasteiger partial charge in [0.2, 0.25) is 0 Å². The van der Waals surface area contributed by atoms with Crippen molar-refractivity contribution in [2.24, 2.45) is 0 Å². The predicted molar refractivity (Wildman–Crippen MR) is 93.8 cm³/mol. The van der Waals surface area contributed by atoms with Crippen LogP contribution in [0.4, 0.5) is 13.2 Å². The van der Waals surface area contributed by atoms with Crippen molar-refractivity contribution in [2.75, 3.05) is 6.61 Å². The molecule has 3 rings (SSSR count). The Hall–Kier alpha value is -2.57. The van der Waals surface area contributed by atoms with Crippen LogP contribution in [0.1, 0.15) is 52.5 Å². The van der Waals surface area contributed by atoms with Gasteiger partial charge in [-0.05, 0) is 43.9 Å². The third-order valence-electron chi connectivity index (χ3n) is 4.66. The second-order valence-electron chi connectivity index (χ2n) is 6.54. The van der Waals surface area contributed by atoms with Crippen molar-refractivity contribution in [3.63, 3.8) is 0 Å². The zero-order valence-electron chi connectivity index (χ0n) is 14.9. The number of carbonyl (C=O) groups is 1. The molecule has 0 saturated carbocycles. The number of hydrogen-bond acceptors (Lipinski definition) is 3. The maximum atomic E-state index is 12.9. The van der Waals surface area contributed by atoms with Crippen molar-refractivity contribution in [2.45, 2.75) is 45.3 Å². The summed E-state index contributed by atoms with van der Waals surface area (Å²) in [5.74, 6) is -0.506. The number of fused-ring (bicyclic) bond motifs is 1. The first-order chi connectivity index (χ1) is 12.8. The molecule has 0 spiro atoms. The molecule has 0 aliphatic carbocycles. The van der Waals surface area contributed by atoms with Gasteiger partial charge in [-0.25, -0.2) is 4.79 Å². The summed E-state index contributed by atoms with van der Waals surface area (Å²) in [6.45, 7) is 2.40. The van der Waals surface area contributed by atoms with Gasteiger partial charge in [0.25, 0.3) is 5.56 Å². The number of alkyl halides is 3. The number of carbonyl (C=O) groups excluding carboxylic acids is 1. The van der Waals surface area contributed by atoms with Gasteiger partial charge in [-0.2, -0.15) is 13.2 Å². The second-order valence-corrected chi connectivity index (χ2v) is 6.54.